The molecule has 0 rings (SSSR count). The third kappa shape index (κ3) is 10.3. The second-order valence-electron chi connectivity index (χ2n) is 5.23. The highest BCUT2D eigenvalue weighted by Gasteiger charge is 2.14. The lowest BCUT2D eigenvalue weighted by atomic mass is 10.0. The van der Waals surface area contributed by atoms with Crippen molar-refractivity contribution < 1.29 is 19.4 Å². The third-order valence-corrected chi connectivity index (χ3v) is 3.50. The normalized spacial score (nSPS) is 15.5. The number of carboxylic acids is 1. The van der Waals surface area contributed by atoms with Crippen molar-refractivity contribution in [3.8, 4) is 0 Å². The van der Waals surface area contributed by atoms with E-state index in [1.807, 2.05) is 14.1 Å². The number of carbonyl (C=O) groups is 2. The molecule has 0 heterocycles. The molecule has 0 aromatic rings. The van der Waals surface area contributed by atoms with Crippen LogP contribution in [-0.2, 0) is 14.3 Å². The van der Waals surface area contributed by atoms with Crippen molar-refractivity contribution in [1.29, 1.82) is 0 Å². The number of rotatable bonds is 12. The fraction of sp³-hybridized carbons (Fsp3) is 0.733. The summed E-state index contributed by atoms with van der Waals surface area (Å²) < 4.78 is 5.13. The zero-order chi connectivity index (χ0) is 17.0. The Labute approximate surface area is 132 Å². The van der Waals surface area contributed by atoms with E-state index in [-0.39, 0.29) is 0 Å². The van der Waals surface area contributed by atoms with Gasteiger partial charge in [0.05, 0.1) is 0 Å². The lowest BCUT2D eigenvalue weighted by Gasteiger charge is -2.21. The molecule has 3 atom stereocenters. The van der Waals surface area contributed by atoms with Crippen LogP contribution in [0.25, 0.3) is 0 Å². The van der Waals surface area contributed by atoms with Crippen molar-refractivity contribution in [2.24, 2.45) is 0 Å². The molecule has 0 aromatic heterocycles. The molecule has 7 heteroatoms. The highest BCUT2D eigenvalue weighted by Crippen LogP contribution is 2.09. The number of hydrogen-bond acceptors (Lipinski definition) is 6. The summed E-state index contributed by atoms with van der Waals surface area (Å²) in [6.07, 6.45) is 4.84. The maximum Gasteiger partial charge on any atom is 0.332 e. The van der Waals surface area contributed by atoms with Crippen molar-refractivity contribution >= 4 is 11.9 Å². The van der Waals surface area contributed by atoms with Crippen molar-refractivity contribution in [2.75, 3.05) is 21.1 Å². The Kier molecular flexibility index (Phi) is 11.3. The second kappa shape index (κ2) is 12.1. The van der Waals surface area contributed by atoms with E-state index in [0.29, 0.717) is 18.5 Å². The first-order valence-corrected chi connectivity index (χ1v) is 7.56. The van der Waals surface area contributed by atoms with Gasteiger partial charge in [0.25, 0.3) is 0 Å². The summed E-state index contributed by atoms with van der Waals surface area (Å²) in [4.78, 5) is 21.8. The first-order chi connectivity index (χ1) is 10.4. The van der Waals surface area contributed by atoms with Gasteiger partial charge in [-0.2, -0.15) is 0 Å². The van der Waals surface area contributed by atoms with Gasteiger partial charge in [0.15, 0.2) is 6.23 Å². The molecule has 0 aliphatic carbocycles. The van der Waals surface area contributed by atoms with Gasteiger partial charge in [0, 0.05) is 24.2 Å². The highest BCUT2D eigenvalue weighted by atomic mass is 16.6. The maximum absolute atomic E-state index is 11.4. The van der Waals surface area contributed by atoms with Gasteiger partial charge < -0.3 is 20.5 Å². The minimum Gasteiger partial charge on any atom is -0.478 e. The Hall–Kier alpha value is -1.44. The number of carboxylic acid groups (broad SMARTS) is 1. The van der Waals surface area contributed by atoms with Crippen LogP contribution in [0.4, 0.5) is 0 Å². The third-order valence-electron chi connectivity index (χ3n) is 3.50. The maximum atomic E-state index is 11.4. The van der Waals surface area contributed by atoms with E-state index in [0.717, 1.165) is 31.4 Å². The van der Waals surface area contributed by atoms with E-state index in [2.05, 4.69) is 22.9 Å². The van der Waals surface area contributed by atoms with Gasteiger partial charge in [-0.1, -0.05) is 0 Å². The Bertz CT molecular complexity index is 361. The van der Waals surface area contributed by atoms with Crippen LogP contribution in [-0.4, -0.2) is 56.5 Å². The summed E-state index contributed by atoms with van der Waals surface area (Å²) in [5, 5.41) is 17.9. The average molecular weight is 315 g/mol. The molecule has 0 spiro atoms. The molecular formula is C15H29N3O4. The van der Waals surface area contributed by atoms with Crippen LogP contribution < -0.4 is 16.0 Å². The Balaban J connectivity index is 4.12. The van der Waals surface area contributed by atoms with E-state index in [9.17, 15) is 9.59 Å². The van der Waals surface area contributed by atoms with Crippen LogP contribution in [0.2, 0.25) is 0 Å². The molecule has 0 aromatic carbocycles. The van der Waals surface area contributed by atoms with Crippen LogP contribution in [0.15, 0.2) is 12.2 Å². The molecule has 0 aliphatic rings. The molecule has 3 unspecified atom stereocenters. The first-order valence-electron chi connectivity index (χ1n) is 7.56. The van der Waals surface area contributed by atoms with Crippen molar-refractivity contribution in [2.45, 2.75) is 50.9 Å². The van der Waals surface area contributed by atoms with Gasteiger partial charge in [-0.05, 0) is 53.8 Å². The number of esters is 1. The predicted octanol–water partition coefficient (Wildman–Crippen LogP) is 0.472. The van der Waals surface area contributed by atoms with Crippen LogP contribution in [0, 0.1) is 0 Å². The van der Waals surface area contributed by atoms with Crippen LogP contribution in [0.1, 0.15) is 32.6 Å². The monoisotopic (exact) mass is 315 g/mol. The van der Waals surface area contributed by atoms with E-state index in [1.54, 1.807) is 7.05 Å². The Morgan fingerprint density at radius 1 is 1.09 bits per heavy atom. The average Bonchev–Trinajstić information content (AvgIpc) is 2.50. The minimum atomic E-state index is -1.17. The molecule has 0 bridgehead atoms. The second-order valence-corrected chi connectivity index (χ2v) is 5.23. The quantitative estimate of drug-likeness (QED) is 0.236. The number of hydrogen-bond donors (Lipinski definition) is 4. The van der Waals surface area contributed by atoms with Crippen LogP contribution >= 0.6 is 0 Å². The Morgan fingerprint density at radius 2 is 1.77 bits per heavy atom. The SMILES string of the molecule is CNC(C)CC(CCCC(NC)OC(=O)/C=C\C(=O)O)NC. The van der Waals surface area contributed by atoms with E-state index < -0.39 is 18.2 Å². The van der Waals surface area contributed by atoms with Gasteiger partial charge in [-0.25, -0.2) is 9.59 Å². The van der Waals surface area contributed by atoms with E-state index in [4.69, 9.17) is 9.84 Å². The fourth-order valence-electron chi connectivity index (χ4n) is 2.06. The lowest BCUT2D eigenvalue weighted by molar-refractivity contribution is -0.145. The molecule has 0 radical (unpaired) electrons. The number of ether oxygens (including phenoxy) is 1. The van der Waals surface area contributed by atoms with Gasteiger partial charge in [-0.15, -0.1) is 0 Å². The summed E-state index contributed by atoms with van der Waals surface area (Å²) in [6.45, 7) is 2.14. The van der Waals surface area contributed by atoms with Crippen molar-refractivity contribution in [3.63, 3.8) is 0 Å². The van der Waals surface area contributed by atoms with Gasteiger partial charge >= 0.3 is 11.9 Å². The molecule has 22 heavy (non-hydrogen) atoms. The van der Waals surface area contributed by atoms with Crippen molar-refractivity contribution in [3.05, 3.63) is 12.2 Å². The van der Waals surface area contributed by atoms with Gasteiger partial charge in [0.1, 0.15) is 0 Å². The topological polar surface area (TPSA) is 99.7 Å². The van der Waals surface area contributed by atoms with Crippen LogP contribution in [0.3, 0.4) is 0 Å². The minimum absolute atomic E-state index is 0.405. The molecule has 0 amide bonds. The fourth-order valence-corrected chi connectivity index (χ4v) is 2.06. The largest absolute Gasteiger partial charge is 0.478 e. The Morgan fingerprint density at radius 3 is 2.27 bits per heavy atom. The molecule has 7 nitrogen and oxygen atoms in total. The summed E-state index contributed by atoms with van der Waals surface area (Å²) in [5.41, 5.74) is 0. The smallest absolute Gasteiger partial charge is 0.332 e. The van der Waals surface area contributed by atoms with E-state index in [1.165, 1.54) is 0 Å². The van der Waals surface area contributed by atoms with Gasteiger partial charge in [0.2, 0.25) is 0 Å². The zero-order valence-electron chi connectivity index (χ0n) is 13.9. The highest BCUT2D eigenvalue weighted by molar-refractivity contribution is 5.90. The predicted molar refractivity (Wildman–Crippen MR) is 85.6 cm³/mol. The van der Waals surface area contributed by atoms with Crippen LogP contribution in [0.5, 0.6) is 0 Å². The summed E-state index contributed by atoms with van der Waals surface area (Å²) >= 11 is 0. The van der Waals surface area contributed by atoms with E-state index >= 15 is 0 Å². The molecule has 128 valence electrons. The summed E-state index contributed by atoms with van der Waals surface area (Å²) in [5.74, 6) is -1.83. The number of carbonyl (C=O) groups excluding carboxylic acids is 1. The zero-order valence-corrected chi connectivity index (χ0v) is 13.9. The first kappa shape index (κ1) is 20.6. The number of aliphatic carboxylic acids is 1. The van der Waals surface area contributed by atoms with Crippen molar-refractivity contribution in [1.82, 2.24) is 16.0 Å². The summed E-state index contributed by atoms with van der Waals surface area (Å²) in [6, 6.07) is 0.846. The molecule has 0 fully saturated rings. The molecule has 0 saturated heterocycles. The molecule has 0 saturated carbocycles. The molecule has 0 aliphatic heterocycles. The molecular weight excluding hydrogens is 286 g/mol. The van der Waals surface area contributed by atoms with Gasteiger partial charge in [-0.3, -0.25) is 5.32 Å². The summed E-state index contributed by atoms with van der Waals surface area (Å²) in [7, 11) is 5.59. The lowest BCUT2D eigenvalue weighted by Crippen LogP contribution is -2.35. The standard InChI is InChI=1S/C15H29N3O4/c1-11(16-2)10-12(17-3)6-5-7-13(18-4)22-15(21)9-8-14(19)20/h8-9,11-13,16-18H,5-7,10H2,1-4H3,(H,19,20)/b9-8-. The molecule has 4 N–H and O–H groups in total. The number of nitrogens with one attached hydrogen (secondary N) is 3.